The standard InChI is InChI=1S/C22H24FN5O5S/c1-25-9-10-27-18-16(13-26-8-2-3-11-34(26,32)33)24-28(12-14-4-6-15(23)7-5-14)21(30)17(18)20(29)19(27)22(25)31/h4-7,29H,2-3,8-13H2,1H3. The van der Waals surface area contributed by atoms with E-state index in [0.29, 0.717) is 38.0 Å². The van der Waals surface area contributed by atoms with Gasteiger partial charge in [-0.2, -0.15) is 9.40 Å². The van der Waals surface area contributed by atoms with E-state index >= 15 is 0 Å². The molecular weight excluding hydrogens is 465 g/mol. The van der Waals surface area contributed by atoms with Gasteiger partial charge in [-0.3, -0.25) is 9.59 Å². The van der Waals surface area contributed by atoms with Crippen molar-refractivity contribution in [2.45, 2.75) is 32.5 Å². The van der Waals surface area contributed by atoms with Gasteiger partial charge >= 0.3 is 0 Å². The number of sulfonamides is 1. The van der Waals surface area contributed by atoms with Gasteiger partial charge in [0.1, 0.15) is 16.9 Å². The van der Waals surface area contributed by atoms with Gasteiger partial charge in [-0.15, -0.1) is 0 Å². The molecular formula is C22H24FN5O5S. The SMILES string of the molecule is CN1CCn2c(c(O)c3c(=O)n(Cc4ccc(F)cc4)nc(CN4CCCCS4(=O)=O)c32)C1=O. The first-order chi connectivity index (χ1) is 16.2. The van der Waals surface area contributed by atoms with Gasteiger partial charge in [0.05, 0.1) is 24.4 Å². The number of hydrogen-bond acceptors (Lipinski definition) is 6. The van der Waals surface area contributed by atoms with Crippen LogP contribution in [0.15, 0.2) is 29.1 Å². The minimum atomic E-state index is -3.49. The average Bonchev–Trinajstić information content (AvgIpc) is 3.10. The van der Waals surface area contributed by atoms with Gasteiger partial charge in [0.25, 0.3) is 11.5 Å². The van der Waals surface area contributed by atoms with Crippen molar-refractivity contribution in [2.24, 2.45) is 0 Å². The maximum Gasteiger partial charge on any atom is 0.280 e. The second kappa shape index (κ2) is 8.20. The molecule has 0 aliphatic carbocycles. The van der Waals surface area contributed by atoms with Gasteiger partial charge in [0, 0.05) is 26.7 Å². The predicted molar refractivity (Wildman–Crippen MR) is 122 cm³/mol. The zero-order chi connectivity index (χ0) is 24.2. The zero-order valence-corrected chi connectivity index (χ0v) is 19.4. The summed E-state index contributed by atoms with van der Waals surface area (Å²) < 4.78 is 42.7. The molecule has 0 bridgehead atoms. The lowest BCUT2D eigenvalue weighted by atomic mass is 10.2. The molecule has 0 spiro atoms. The van der Waals surface area contributed by atoms with E-state index in [2.05, 4.69) is 5.10 Å². The van der Waals surface area contributed by atoms with Crippen molar-refractivity contribution in [3.8, 4) is 5.75 Å². The molecule has 12 heteroatoms. The highest BCUT2D eigenvalue weighted by atomic mass is 32.2. The topological polar surface area (TPSA) is 118 Å². The molecule has 0 radical (unpaired) electrons. The monoisotopic (exact) mass is 489 g/mol. The van der Waals surface area contributed by atoms with Crippen LogP contribution < -0.4 is 5.56 Å². The largest absolute Gasteiger partial charge is 0.505 e. The number of aromatic hydroxyl groups is 1. The lowest BCUT2D eigenvalue weighted by molar-refractivity contribution is 0.0747. The quantitative estimate of drug-likeness (QED) is 0.587. The van der Waals surface area contributed by atoms with Crippen LogP contribution in [-0.2, 0) is 29.7 Å². The van der Waals surface area contributed by atoms with Gasteiger partial charge in [-0.25, -0.2) is 17.5 Å². The number of carbonyl (C=O) groups excluding carboxylic acids is 1. The summed E-state index contributed by atoms with van der Waals surface area (Å²) in [6.45, 7) is 0.925. The minimum Gasteiger partial charge on any atom is -0.505 e. The zero-order valence-electron chi connectivity index (χ0n) is 18.6. The fourth-order valence-electron chi connectivity index (χ4n) is 4.61. The molecule has 2 aromatic heterocycles. The van der Waals surface area contributed by atoms with E-state index in [1.54, 1.807) is 11.6 Å². The third-order valence-electron chi connectivity index (χ3n) is 6.43. The van der Waals surface area contributed by atoms with Crippen LogP contribution in [0.1, 0.15) is 34.6 Å². The number of fused-ring (bicyclic) bond motifs is 3. The molecule has 34 heavy (non-hydrogen) atoms. The molecule has 2 aliphatic rings. The molecule has 0 saturated carbocycles. The Morgan fingerprint density at radius 2 is 1.79 bits per heavy atom. The summed E-state index contributed by atoms with van der Waals surface area (Å²) in [4.78, 5) is 27.7. The second-order valence-corrected chi connectivity index (χ2v) is 10.8. The smallest absolute Gasteiger partial charge is 0.280 e. The number of aromatic nitrogens is 3. The predicted octanol–water partition coefficient (Wildman–Crippen LogP) is 1.10. The fourth-order valence-corrected chi connectivity index (χ4v) is 6.16. The van der Waals surface area contributed by atoms with E-state index in [1.807, 2.05) is 0 Å². The van der Waals surface area contributed by atoms with E-state index < -0.39 is 33.1 Å². The van der Waals surface area contributed by atoms with Crippen LogP contribution in [0.2, 0.25) is 0 Å². The van der Waals surface area contributed by atoms with Gasteiger partial charge < -0.3 is 14.6 Å². The number of nitrogens with zero attached hydrogens (tertiary/aromatic N) is 5. The number of benzene rings is 1. The molecule has 0 unspecified atom stereocenters. The second-order valence-electron chi connectivity index (χ2n) is 8.69. The fraction of sp³-hybridized carbons (Fsp3) is 0.409. The Labute approximate surface area is 194 Å². The average molecular weight is 490 g/mol. The number of halogens is 1. The van der Waals surface area contributed by atoms with Crippen molar-refractivity contribution < 1.29 is 22.7 Å². The van der Waals surface area contributed by atoms with Gasteiger partial charge in [0.2, 0.25) is 10.0 Å². The minimum absolute atomic E-state index is 0.00932. The van der Waals surface area contributed by atoms with Crippen LogP contribution in [0.3, 0.4) is 0 Å². The van der Waals surface area contributed by atoms with Gasteiger partial charge in [0.15, 0.2) is 11.4 Å². The molecule has 1 saturated heterocycles. The Kier molecular flexibility index (Phi) is 5.44. The maximum absolute atomic E-state index is 13.4. The van der Waals surface area contributed by atoms with E-state index in [9.17, 15) is 27.5 Å². The van der Waals surface area contributed by atoms with Crippen LogP contribution in [0.4, 0.5) is 4.39 Å². The number of hydrogen-bond donors (Lipinski definition) is 1. The highest BCUT2D eigenvalue weighted by molar-refractivity contribution is 7.89. The van der Waals surface area contributed by atoms with Crippen molar-refractivity contribution in [1.82, 2.24) is 23.6 Å². The van der Waals surface area contributed by atoms with E-state index in [4.69, 9.17) is 0 Å². The molecule has 4 heterocycles. The van der Waals surface area contributed by atoms with Crippen LogP contribution >= 0.6 is 0 Å². The van der Waals surface area contributed by atoms with Crippen molar-refractivity contribution in [3.63, 3.8) is 0 Å². The molecule has 1 fully saturated rings. The van der Waals surface area contributed by atoms with Gasteiger partial charge in [-0.05, 0) is 30.5 Å². The number of rotatable bonds is 4. The Balaban J connectivity index is 1.72. The van der Waals surface area contributed by atoms with Crippen molar-refractivity contribution in [1.29, 1.82) is 0 Å². The van der Waals surface area contributed by atoms with E-state index in [-0.39, 0.29) is 41.1 Å². The first-order valence-electron chi connectivity index (χ1n) is 11.0. The Morgan fingerprint density at radius 3 is 2.50 bits per heavy atom. The van der Waals surface area contributed by atoms with Crippen molar-refractivity contribution in [3.05, 3.63) is 57.4 Å². The molecule has 10 nitrogen and oxygen atoms in total. The first kappa shape index (κ1) is 22.5. The number of likely N-dealkylation sites (N-methyl/N-ethyl adjacent to an activating group) is 1. The molecule has 1 aromatic carbocycles. The van der Waals surface area contributed by atoms with Crippen molar-refractivity contribution >= 4 is 26.8 Å². The third-order valence-corrected chi connectivity index (χ3v) is 8.34. The molecule has 1 N–H and O–H groups in total. The molecule has 180 valence electrons. The highest BCUT2D eigenvalue weighted by Gasteiger charge is 2.34. The number of amides is 1. The summed E-state index contributed by atoms with van der Waals surface area (Å²) >= 11 is 0. The van der Waals surface area contributed by atoms with E-state index in [1.165, 1.54) is 33.5 Å². The third kappa shape index (κ3) is 3.66. The highest BCUT2D eigenvalue weighted by Crippen LogP contribution is 2.34. The summed E-state index contributed by atoms with van der Waals surface area (Å²) in [6.07, 6.45) is 1.28. The molecule has 1 amide bonds. The maximum atomic E-state index is 13.4. The molecule has 2 aliphatic heterocycles. The lowest BCUT2D eigenvalue weighted by Crippen LogP contribution is -2.39. The lowest BCUT2D eigenvalue weighted by Gasteiger charge is -2.27. The summed E-state index contributed by atoms with van der Waals surface area (Å²) in [6, 6.07) is 5.57. The Morgan fingerprint density at radius 1 is 1.06 bits per heavy atom. The summed E-state index contributed by atoms with van der Waals surface area (Å²) in [7, 11) is -1.89. The van der Waals surface area contributed by atoms with Gasteiger partial charge in [-0.1, -0.05) is 12.1 Å². The number of carbonyl (C=O) groups is 1. The Hall–Kier alpha value is -3.25. The van der Waals surface area contributed by atoms with Crippen LogP contribution in [0.25, 0.3) is 10.9 Å². The first-order valence-corrected chi connectivity index (χ1v) is 12.6. The summed E-state index contributed by atoms with van der Waals surface area (Å²) in [5.74, 6) is -1.25. The molecule has 0 atom stereocenters. The van der Waals surface area contributed by atoms with E-state index in [0.717, 1.165) is 4.68 Å². The molecule has 5 rings (SSSR count). The Bertz CT molecular complexity index is 1460. The summed E-state index contributed by atoms with van der Waals surface area (Å²) in [5, 5.41) is 15.4. The van der Waals surface area contributed by atoms with Crippen LogP contribution in [-0.4, -0.2) is 68.9 Å². The van der Waals surface area contributed by atoms with Crippen molar-refractivity contribution in [2.75, 3.05) is 25.9 Å². The molecule has 3 aromatic rings. The normalized spacial score (nSPS) is 18.4. The van der Waals surface area contributed by atoms with Crippen LogP contribution in [0, 0.1) is 5.82 Å². The summed E-state index contributed by atoms with van der Waals surface area (Å²) in [5.41, 5.74) is 0.534. The van der Waals surface area contributed by atoms with Crippen LogP contribution in [0.5, 0.6) is 5.75 Å².